The number of carbonyl (C=O) groups excluding carboxylic acids is 1. The maximum Gasteiger partial charge on any atom is 0.263 e. The molecule has 3 rings (SSSR count). The van der Waals surface area contributed by atoms with Gasteiger partial charge in [0.1, 0.15) is 5.75 Å². The van der Waals surface area contributed by atoms with E-state index in [0.717, 1.165) is 11.1 Å². The average Bonchev–Trinajstić information content (AvgIpc) is 3.13. The van der Waals surface area contributed by atoms with E-state index >= 15 is 0 Å². The molecule has 6 nitrogen and oxygen atoms in total. The van der Waals surface area contributed by atoms with E-state index in [0.29, 0.717) is 22.5 Å². The second kappa shape index (κ2) is 8.44. The third-order valence-electron chi connectivity index (χ3n) is 4.46. The van der Waals surface area contributed by atoms with Gasteiger partial charge in [-0.3, -0.25) is 4.79 Å². The minimum Gasteiger partial charge on any atom is -0.481 e. The Hall–Kier alpha value is -2.86. The fraction of sp³-hybridized carbons (Fsp3) is 0.286. The highest BCUT2D eigenvalue weighted by atomic mass is 35.5. The number of aromatic nitrogens is 2. The molecule has 2 aromatic carbocycles. The summed E-state index contributed by atoms with van der Waals surface area (Å²) in [5.41, 5.74) is 3.09. The van der Waals surface area contributed by atoms with E-state index in [4.69, 9.17) is 20.9 Å². The molecule has 3 aromatic rings. The first-order valence-corrected chi connectivity index (χ1v) is 9.28. The van der Waals surface area contributed by atoms with Crippen LogP contribution in [0.2, 0.25) is 5.02 Å². The Kier molecular flexibility index (Phi) is 5.99. The fourth-order valence-corrected chi connectivity index (χ4v) is 2.79. The minimum absolute atomic E-state index is 0.176. The van der Waals surface area contributed by atoms with Crippen LogP contribution in [0.25, 0.3) is 11.4 Å². The lowest BCUT2D eigenvalue weighted by atomic mass is 10.1. The predicted octanol–water partition coefficient (Wildman–Crippen LogP) is 4.43. The molecule has 1 aromatic heterocycles. The van der Waals surface area contributed by atoms with Gasteiger partial charge < -0.3 is 14.2 Å². The van der Waals surface area contributed by atoms with E-state index in [9.17, 15) is 4.79 Å². The van der Waals surface area contributed by atoms with E-state index in [-0.39, 0.29) is 12.5 Å². The quantitative estimate of drug-likeness (QED) is 0.613. The molecule has 0 radical (unpaired) electrons. The summed E-state index contributed by atoms with van der Waals surface area (Å²) in [6, 6.07) is 12.9. The zero-order chi connectivity index (χ0) is 20.3. The van der Waals surface area contributed by atoms with Gasteiger partial charge >= 0.3 is 0 Å². The highest BCUT2D eigenvalue weighted by Crippen LogP contribution is 2.20. The van der Waals surface area contributed by atoms with Crippen molar-refractivity contribution in [3.63, 3.8) is 0 Å². The first kappa shape index (κ1) is 19.9. The summed E-state index contributed by atoms with van der Waals surface area (Å²) in [5, 5.41) is 4.60. The number of likely N-dealkylation sites (N-methyl/N-ethyl adjacent to an activating group) is 1. The van der Waals surface area contributed by atoms with E-state index in [1.54, 1.807) is 26.1 Å². The summed E-state index contributed by atoms with van der Waals surface area (Å²) in [6.45, 7) is 5.96. The number of benzene rings is 2. The molecule has 0 fully saturated rings. The van der Waals surface area contributed by atoms with E-state index in [1.807, 2.05) is 44.2 Å². The normalized spacial score (nSPS) is 11.9. The number of hydrogen-bond acceptors (Lipinski definition) is 5. The van der Waals surface area contributed by atoms with Gasteiger partial charge in [-0.05, 0) is 68.3 Å². The summed E-state index contributed by atoms with van der Waals surface area (Å²) in [7, 11) is 1.68. The van der Waals surface area contributed by atoms with Crippen molar-refractivity contribution in [1.82, 2.24) is 15.0 Å². The van der Waals surface area contributed by atoms with Gasteiger partial charge in [-0.2, -0.15) is 4.98 Å². The van der Waals surface area contributed by atoms with Gasteiger partial charge in [0.2, 0.25) is 11.7 Å². The summed E-state index contributed by atoms with van der Waals surface area (Å²) in [5.74, 6) is 1.29. The molecule has 146 valence electrons. The molecule has 0 N–H and O–H groups in total. The lowest BCUT2D eigenvalue weighted by Crippen LogP contribution is -2.37. The van der Waals surface area contributed by atoms with Gasteiger partial charge in [0.15, 0.2) is 6.10 Å². The zero-order valence-corrected chi connectivity index (χ0v) is 17.0. The Morgan fingerprint density at radius 1 is 1.18 bits per heavy atom. The topological polar surface area (TPSA) is 68.5 Å². The van der Waals surface area contributed by atoms with E-state index in [2.05, 4.69) is 10.1 Å². The molecule has 0 aliphatic heterocycles. The fourth-order valence-electron chi connectivity index (χ4n) is 2.67. The van der Waals surface area contributed by atoms with Crippen LogP contribution in [0.1, 0.15) is 23.9 Å². The molecule has 7 heteroatoms. The molecule has 1 heterocycles. The largest absolute Gasteiger partial charge is 0.481 e. The number of aryl methyl sites for hydroxylation is 2. The van der Waals surface area contributed by atoms with Crippen LogP contribution in [0.15, 0.2) is 47.0 Å². The maximum atomic E-state index is 12.6. The second-order valence-electron chi connectivity index (χ2n) is 6.72. The summed E-state index contributed by atoms with van der Waals surface area (Å²) in [6.07, 6.45) is -0.634. The van der Waals surface area contributed by atoms with Crippen LogP contribution in [-0.2, 0) is 11.3 Å². The number of rotatable bonds is 6. The van der Waals surface area contributed by atoms with E-state index < -0.39 is 6.10 Å². The van der Waals surface area contributed by atoms with Gasteiger partial charge in [-0.1, -0.05) is 22.8 Å². The van der Waals surface area contributed by atoms with Crippen molar-refractivity contribution in [2.75, 3.05) is 7.05 Å². The van der Waals surface area contributed by atoms with Crippen molar-refractivity contribution in [2.24, 2.45) is 0 Å². The number of halogens is 1. The van der Waals surface area contributed by atoms with Crippen LogP contribution in [0.3, 0.4) is 0 Å². The number of hydrogen-bond donors (Lipinski definition) is 0. The van der Waals surface area contributed by atoms with Crippen LogP contribution in [-0.4, -0.2) is 34.1 Å². The molecule has 0 spiro atoms. The van der Waals surface area contributed by atoms with Crippen LogP contribution in [0.5, 0.6) is 5.75 Å². The standard InChI is InChI=1S/C21H22ClN3O3/c1-13-5-10-18(11-14(13)2)27-15(3)21(26)25(4)12-19-23-20(24-28-19)16-6-8-17(22)9-7-16/h5-11,15H,12H2,1-4H3/t15-/m1/s1. The Morgan fingerprint density at radius 3 is 2.57 bits per heavy atom. The van der Waals surface area contributed by atoms with E-state index in [1.165, 1.54) is 10.5 Å². The van der Waals surface area contributed by atoms with Gasteiger partial charge in [0.05, 0.1) is 6.54 Å². The third-order valence-corrected chi connectivity index (χ3v) is 4.71. The molecule has 1 atom stereocenters. The molecule has 0 unspecified atom stereocenters. The van der Waals surface area contributed by atoms with Gasteiger partial charge in [-0.25, -0.2) is 0 Å². The van der Waals surface area contributed by atoms with Crippen molar-refractivity contribution < 1.29 is 14.1 Å². The Balaban J connectivity index is 1.62. The molecule has 0 aliphatic rings. The molecule has 1 amide bonds. The van der Waals surface area contributed by atoms with Crippen LogP contribution in [0, 0.1) is 13.8 Å². The summed E-state index contributed by atoms with van der Waals surface area (Å²) in [4.78, 5) is 18.5. The second-order valence-corrected chi connectivity index (χ2v) is 7.16. The Morgan fingerprint density at radius 2 is 1.89 bits per heavy atom. The van der Waals surface area contributed by atoms with Crippen molar-refractivity contribution in [2.45, 2.75) is 33.4 Å². The highest BCUT2D eigenvalue weighted by Gasteiger charge is 2.21. The lowest BCUT2D eigenvalue weighted by Gasteiger charge is -2.21. The summed E-state index contributed by atoms with van der Waals surface area (Å²) >= 11 is 5.89. The van der Waals surface area contributed by atoms with Crippen molar-refractivity contribution in [3.8, 4) is 17.1 Å². The first-order chi connectivity index (χ1) is 13.3. The lowest BCUT2D eigenvalue weighted by molar-refractivity contribution is -0.137. The minimum atomic E-state index is -0.634. The van der Waals surface area contributed by atoms with Crippen molar-refractivity contribution in [3.05, 3.63) is 64.5 Å². The molecule has 0 aliphatic carbocycles. The Labute approximate surface area is 169 Å². The SMILES string of the molecule is Cc1ccc(O[C@H](C)C(=O)N(C)Cc2nc(-c3ccc(Cl)cc3)no2)cc1C. The van der Waals surface area contributed by atoms with Crippen molar-refractivity contribution >= 4 is 17.5 Å². The van der Waals surface area contributed by atoms with Crippen LogP contribution >= 0.6 is 11.6 Å². The predicted molar refractivity (Wildman–Crippen MR) is 107 cm³/mol. The van der Waals surface area contributed by atoms with Crippen molar-refractivity contribution in [1.29, 1.82) is 0 Å². The van der Waals surface area contributed by atoms with Crippen LogP contribution in [0.4, 0.5) is 0 Å². The first-order valence-electron chi connectivity index (χ1n) is 8.91. The molecule has 28 heavy (non-hydrogen) atoms. The molecule has 0 saturated heterocycles. The molecule has 0 saturated carbocycles. The van der Waals surface area contributed by atoms with Gasteiger partial charge in [0.25, 0.3) is 5.91 Å². The highest BCUT2D eigenvalue weighted by molar-refractivity contribution is 6.30. The maximum absolute atomic E-state index is 12.6. The van der Waals surface area contributed by atoms with Gasteiger partial charge in [-0.15, -0.1) is 0 Å². The Bertz CT molecular complexity index is 969. The van der Waals surface area contributed by atoms with Gasteiger partial charge in [0, 0.05) is 17.6 Å². The number of amides is 1. The number of nitrogens with zero attached hydrogens (tertiary/aromatic N) is 3. The molecular weight excluding hydrogens is 378 g/mol. The third kappa shape index (κ3) is 4.70. The van der Waals surface area contributed by atoms with Crippen LogP contribution < -0.4 is 4.74 Å². The molecular formula is C21H22ClN3O3. The number of carbonyl (C=O) groups is 1. The monoisotopic (exact) mass is 399 g/mol. The average molecular weight is 400 g/mol. The number of ether oxygens (including phenoxy) is 1. The summed E-state index contributed by atoms with van der Waals surface area (Å²) < 4.78 is 11.1. The zero-order valence-electron chi connectivity index (χ0n) is 16.3. The smallest absolute Gasteiger partial charge is 0.263 e. The molecule has 0 bridgehead atoms.